The molecule has 4 heteroatoms. The van der Waals surface area contributed by atoms with Crippen LogP contribution in [0.4, 0.5) is 4.39 Å². The van der Waals surface area contributed by atoms with Gasteiger partial charge in [-0.2, -0.15) is 0 Å². The van der Waals surface area contributed by atoms with Crippen molar-refractivity contribution in [2.75, 3.05) is 13.2 Å². The zero-order valence-corrected chi connectivity index (χ0v) is 10.4. The van der Waals surface area contributed by atoms with E-state index >= 15 is 0 Å². The van der Waals surface area contributed by atoms with Gasteiger partial charge in [0.15, 0.2) is 0 Å². The molecule has 3 nitrogen and oxygen atoms in total. The van der Waals surface area contributed by atoms with Crippen LogP contribution in [0.25, 0.3) is 0 Å². The first kappa shape index (κ1) is 13.5. The van der Waals surface area contributed by atoms with Crippen molar-refractivity contribution in [2.45, 2.75) is 37.3 Å². The number of benzene rings is 1. The van der Waals surface area contributed by atoms with Crippen LogP contribution >= 0.6 is 0 Å². The van der Waals surface area contributed by atoms with Crippen molar-refractivity contribution in [3.8, 4) is 0 Å². The molecule has 1 aromatic rings. The molecular weight excluding hydrogens is 233 g/mol. The second-order valence-corrected chi connectivity index (χ2v) is 5.10. The van der Waals surface area contributed by atoms with Crippen LogP contribution in [0.2, 0.25) is 0 Å². The highest BCUT2D eigenvalue weighted by Gasteiger charge is 2.32. The Hall–Kier alpha value is -0.970. The smallest absolute Gasteiger partial charge is 0.123 e. The number of aliphatic hydroxyl groups is 2. The van der Waals surface area contributed by atoms with E-state index < -0.39 is 6.10 Å². The molecule has 3 N–H and O–H groups in total. The molecule has 1 aliphatic carbocycles. The predicted molar refractivity (Wildman–Crippen MR) is 67.6 cm³/mol. The molecule has 1 atom stereocenters. The molecule has 18 heavy (non-hydrogen) atoms. The topological polar surface area (TPSA) is 52.5 Å². The standard InChI is InChI=1S/C14H20FNO2/c15-12-5-3-4-11(8-12)13(18)9-16-14(10-17)6-1-2-7-14/h3-5,8,13,16-18H,1-2,6-7,9-10H2. The zero-order chi connectivity index (χ0) is 13.0. The van der Waals surface area contributed by atoms with Gasteiger partial charge in [0.1, 0.15) is 5.82 Å². The van der Waals surface area contributed by atoms with Gasteiger partial charge in [-0.05, 0) is 30.5 Å². The first-order valence-electron chi connectivity index (χ1n) is 6.45. The average Bonchev–Trinajstić information content (AvgIpc) is 2.85. The normalized spacial score (nSPS) is 19.9. The molecule has 0 heterocycles. The molecule has 100 valence electrons. The molecule has 2 rings (SSSR count). The molecule has 0 saturated heterocycles. The summed E-state index contributed by atoms with van der Waals surface area (Å²) in [6, 6.07) is 5.99. The SMILES string of the molecule is OCC1(NCC(O)c2cccc(F)c2)CCCC1. The zero-order valence-electron chi connectivity index (χ0n) is 10.4. The van der Waals surface area contributed by atoms with Crippen molar-refractivity contribution in [3.05, 3.63) is 35.6 Å². The largest absolute Gasteiger partial charge is 0.394 e. The average molecular weight is 253 g/mol. The van der Waals surface area contributed by atoms with Crippen LogP contribution in [0.15, 0.2) is 24.3 Å². The van der Waals surface area contributed by atoms with Gasteiger partial charge in [-0.1, -0.05) is 25.0 Å². The maximum absolute atomic E-state index is 13.0. The van der Waals surface area contributed by atoms with E-state index in [1.807, 2.05) is 0 Å². The van der Waals surface area contributed by atoms with E-state index in [-0.39, 0.29) is 18.0 Å². The first-order chi connectivity index (χ1) is 8.65. The Kier molecular flexibility index (Phi) is 4.32. The second kappa shape index (κ2) is 5.78. The molecule has 0 aromatic heterocycles. The Labute approximate surface area is 107 Å². The summed E-state index contributed by atoms with van der Waals surface area (Å²) in [7, 11) is 0. The third-order valence-electron chi connectivity index (χ3n) is 3.77. The molecule has 0 bridgehead atoms. The van der Waals surface area contributed by atoms with Crippen LogP contribution in [0, 0.1) is 5.82 Å². The lowest BCUT2D eigenvalue weighted by atomic mass is 9.98. The number of halogens is 1. The summed E-state index contributed by atoms with van der Waals surface area (Å²) in [5.41, 5.74) is 0.308. The summed E-state index contributed by atoms with van der Waals surface area (Å²) in [5, 5.41) is 22.7. The lowest BCUT2D eigenvalue weighted by Crippen LogP contribution is -2.47. The van der Waals surface area contributed by atoms with Crippen molar-refractivity contribution < 1.29 is 14.6 Å². The number of β-amino-alcohol motifs (C(OH)–C–C–N with tert-alkyl or cyclic N) is 1. The van der Waals surface area contributed by atoms with Crippen molar-refractivity contribution in [1.82, 2.24) is 5.32 Å². The fraction of sp³-hybridized carbons (Fsp3) is 0.571. The van der Waals surface area contributed by atoms with Crippen molar-refractivity contribution in [2.24, 2.45) is 0 Å². The van der Waals surface area contributed by atoms with Gasteiger partial charge in [-0.3, -0.25) is 0 Å². The van der Waals surface area contributed by atoms with Gasteiger partial charge in [0.05, 0.1) is 12.7 Å². The number of nitrogens with one attached hydrogen (secondary N) is 1. The molecule has 0 aliphatic heterocycles. The fourth-order valence-corrected chi connectivity index (χ4v) is 2.59. The number of hydrogen-bond donors (Lipinski definition) is 3. The summed E-state index contributed by atoms with van der Waals surface area (Å²) in [6.07, 6.45) is 3.32. The number of hydrogen-bond acceptors (Lipinski definition) is 3. The van der Waals surface area contributed by atoms with Gasteiger partial charge in [-0.15, -0.1) is 0 Å². The molecule has 0 amide bonds. The van der Waals surface area contributed by atoms with Crippen molar-refractivity contribution >= 4 is 0 Å². The molecular formula is C14H20FNO2. The molecule has 1 saturated carbocycles. The molecule has 1 unspecified atom stereocenters. The summed E-state index contributed by atoms with van der Waals surface area (Å²) in [6.45, 7) is 0.423. The van der Waals surface area contributed by atoms with Crippen molar-refractivity contribution in [3.63, 3.8) is 0 Å². The monoisotopic (exact) mass is 253 g/mol. The first-order valence-corrected chi connectivity index (χ1v) is 6.45. The van der Waals surface area contributed by atoms with E-state index in [2.05, 4.69) is 5.32 Å². The number of rotatable bonds is 5. The number of aliphatic hydroxyl groups excluding tert-OH is 2. The van der Waals surface area contributed by atoms with E-state index in [4.69, 9.17) is 0 Å². The Morgan fingerprint density at radius 3 is 2.67 bits per heavy atom. The van der Waals surface area contributed by atoms with Crippen LogP contribution in [0.3, 0.4) is 0 Å². The van der Waals surface area contributed by atoms with E-state index in [1.165, 1.54) is 12.1 Å². The highest BCUT2D eigenvalue weighted by Crippen LogP contribution is 2.29. The minimum atomic E-state index is -0.746. The maximum Gasteiger partial charge on any atom is 0.123 e. The Balaban J connectivity index is 1.93. The Morgan fingerprint density at radius 2 is 2.06 bits per heavy atom. The molecule has 0 radical (unpaired) electrons. The summed E-state index contributed by atoms with van der Waals surface area (Å²) >= 11 is 0. The summed E-state index contributed by atoms with van der Waals surface area (Å²) in [5.74, 6) is -0.343. The Bertz CT molecular complexity index is 391. The lowest BCUT2D eigenvalue weighted by molar-refractivity contribution is 0.122. The minimum absolute atomic E-state index is 0.0862. The summed E-state index contributed by atoms with van der Waals surface area (Å²) in [4.78, 5) is 0. The van der Waals surface area contributed by atoms with Crippen LogP contribution in [-0.4, -0.2) is 28.9 Å². The molecule has 1 aliphatic rings. The van der Waals surface area contributed by atoms with E-state index in [0.717, 1.165) is 25.7 Å². The van der Waals surface area contributed by atoms with Crippen LogP contribution in [0.1, 0.15) is 37.4 Å². The van der Waals surface area contributed by atoms with Gasteiger partial charge in [0.25, 0.3) is 0 Å². The van der Waals surface area contributed by atoms with Gasteiger partial charge >= 0.3 is 0 Å². The highest BCUT2D eigenvalue weighted by molar-refractivity contribution is 5.19. The maximum atomic E-state index is 13.0. The van der Waals surface area contributed by atoms with Gasteiger partial charge in [0.2, 0.25) is 0 Å². The fourth-order valence-electron chi connectivity index (χ4n) is 2.59. The van der Waals surface area contributed by atoms with Gasteiger partial charge < -0.3 is 15.5 Å². The summed E-state index contributed by atoms with van der Waals surface area (Å²) < 4.78 is 13.0. The third kappa shape index (κ3) is 3.07. The van der Waals surface area contributed by atoms with Crippen LogP contribution < -0.4 is 5.32 Å². The lowest BCUT2D eigenvalue weighted by Gasteiger charge is -2.29. The van der Waals surface area contributed by atoms with E-state index in [9.17, 15) is 14.6 Å². The third-order valence-corrected chi connectivity index (χ3v) is 3.77. The minimum Gasteiger partial charge on any atom is -0.394 e. The molecule has 0 spiro atoms. The Morgan fingerprint density at radius 1 is 1.33 bits per heavy atom. The van der Waals surface area contributed by atoms with Gasteiger partial charge in [-0.25, -0.2) is 4.39 Å². The molecule has 1 fully saturated rings. The van der Waals surface area contributed by atoms with E-state index in [1.54, 1.807) is 12.1 Å². The van der Waals surface area contributed by atoms with Crippen LogP contribution in [0.5, 0.6) is 0 Å². The quantitative estimate of drug-likeness (QED) is 0.749. The predicted octanol–water partition coefficient (Wildman–Crippen LogP) is 1.75. The second-order valence-electron chi connectivity index (χ2n) is 5.10. The van der Waals surface area contributed by atoms with Gasteiger partial charge in [0, 0.05) is 12.1 Å². The molecule has 1 aromatic carbocycles. The van der Waals surface area contributed by atoms with E-state index in [0.29, 0.717) is 12.1 Å². The van der Waals surface area contributed by atoms with Crippen molar-refractivity contribution in [1.29, 1.82) is 0 Å². The highest BCUT2D eigenvalue weighted by atomic mass is 19.1. The van der Waals surface area contributed by atoms with Crippen LogP contribution in [-0.2, 0) is 0 Å².